The van der Waals surface area contributed by atoms with Gasteiger partial charge in [-0.05, 0) is 37.6 Å². The van der Waals surface area contributed by atoms with Gasteiger partial charge in [-0.3, -0.25) is 9.59 Å². The van der Waals surface area contributed by atoms with Crippen LogP contribution < -0.4 is 16.3 Å². The molecule has 1 aromatic heterocycles. The summed E-state index contributed by atoms with van der Waals surface area (Å²) in [7, 11) is 0. The predicted octanol–water partition coefficient (Wildman–Crippen LogP) is 2.47. The summed E-state index contributed by atoms with van der Waals surface area (Å²) in [4.78, 5) is 34.6. The Balaban J connectivity index is 2.26. The Kier molecular flexibility index (Phi) is 4.41. The first-order valence-corrected chi connectivity index (χ1v) is 6.67. The molecular weight excluding hydrogens is 284 g/mol. The van der Waals surface area contributed by atoms with Crippen molar-refractivity contribution in [3.05, 3.63) is 57.6 Å². The van der Waals surface area contributed by atoms with Crippen LogP contribution >= 0.6 is 0 Å². The molecule has 0 unspecified atom stereocenters. The van der Waals surface area contributed by atoms with Gasteiger partial charge in [0.2, 0.25) is 5.91 Å². The van der Waals surface area contributed by atoms with Gasteiger partial charge in [0, 0.05) is 24.4 Å². The van der Waals surface area contributed by atoms with Crippen molar-refractivity contribution in [2.24, 2.45) is 0 Å². The molecule has 0 atom stereocenters. The summed E-state index contributed by atoms with van der Waals surface area (Å²) in [6.45, 7) is 4.65. The highest BCUT2D eigenvalue weighted by molar-refractivity contribution is 6.06. The van der Waals surface area contributed by atoms with E-state index in [0.717, 1.165) is 0 Å². The Morgan fingerprint density at radius 3 is 2.27 bits per heavy atom. The van der Waals surface area contributed by atoms with Crippen molar-refractivity contribution in [2.45, 2.75) is 20.8 Å². The lowest BCUT2D eigenvalue weighted by Crippen LogP contribution is -2.17. The average Bonchev–Trinajstić information content (AvgIpc) is 2.36. The van der Waals surface area contributed by atoms with E-state index in [-0.39, 0.29) is 17.6 Å². The van der Waals surface area contributed by atoms with Crippen molar-refractivity contribution >= 4 is 23.2 Å². The molecule has 6 heteroatoms. The summed E-state index contributed by atoms with van der Waals surface area (Å²) in [6, 6.07) is 8.05. The molecule has 0 radical (unpaired) electrons. The quantitative estimate of drug-likeness (QED) is 0.911. The molecule has 1 aromatic carbocycles. The van der Waals surface area contributed by atoms with Gasteiger partial charge in [-0.25, -0.2) is 4.79 Å². The molecular formula is C16H16N2O4. The number of nitrogens with one attached hydrogen (secondary N) is 2. The smallest absolute Gasteiger partial charge is 0.336 e. The number of carbonyl (C=O) groups excluding carboxylic acids is 2. The van der Waals surface area contributed by atoms with E-state index in [1.165, 1.54) is 13.0 Å². The normalized spacial score (nSPS) is 10.1. The SMILES string of the molecule is CC(=O)Nc1cccc(NC(=O)c2c(C)cc(=O)oc2C)c1. The lowest BCUT2D eigenvalue weighted by atomic mass is 10.1. The fourth-order valence-corrected chi connectivity index (χ4v) is 2.17. The first-order valence-electron chi connectivity index (χ1n) is 6.67. The van der Waals surface area contributed by atoms with Crippen LogP contribution in [0.25, 0.3) is 0 Å². The molecule has 6 nitrogen and oxygen atoms in total. The second-order valence-corrected chi connectivity index (χ2v) is 4.90. The van der Waals surface area contributed by atoms with Crippen LogP contribution in [0.2, 0.25) is 0 Å². The Hall–Kier alpha value is -2.89. The van der Waals surface area contributed by atoms with Crippen molar-refractivity contribution in [1.82, 2.24) is 0 Å². The first-order chi connectivity index (χ1) is 10.4. The summed E-state index contributed by atoms with van der Waals surface area (Å²) in [6.07, 6.45) is 0. The second-order valence-electron chi connectivity index (χ2n) is 4.90. The van der Waals surface area contributed by atoms with Gasteiger partial charge in [0.05, 0.1) is 5.56 Å². The number of amides is 2. The topological polar surface area (TPSA) is 88.4 Å². The zero-order valence-electron chi connectivity index (χ0n) is 12.5. The molecule has 1 heterocycles. The summed E-state index contributed by atoms with van der Waals surface area (Å²) >= 11 is 0. The minimum Gasteiger partial charge on any atom is -0.427 e. The lowest BCUT2D eigenvalue weighted by molar-refractivity contribution is -0.114. The molecule has 0 aliphatic carbocycles. The summed E-state index contributed by atoms with van der Waals surface area (Å²) in [5.74, 6) is -0.306. The predicted molar refractivity (Wildman–Crippen MR) is 83.2 cm³/mol. The molecule has 0 saturated carbocycles. The Labute approximate surface area is 127 Å². The fraction of sp³-hybridized carbons (Fsp3) is 0.188. The monoisotopic (exact) mass is 300 g/mol. The minimum absolute atomic E-state index is 0.194. The van der Waals surface area contributed by atoms with E-state index in [2.05, 4.69) is 10.6 Å². The fourth-order valence-electron chi connectivity index (χ4n) is 2.17. The molecule has 0 fully saturated rings. The van der Waals surface area contributed by atoms with Crippen LogP contribution in [0.1, 0.15) is 28.6 Å². The highest BCUT2D eigenvalue weighted by Gasteiger charge is 2.15. The van der Waals surface area contributed by atoms with Crippen LogP contribution in [0, 0.1) is 13.8 Å². The summed E-state index contributed by atoms with van der Waals surface area (Å²) in [5.41, 5.74) is 1.49. The molecule has 0 saturated heterocycles. The van der Waals surface area contributed by atoms with Gasteiger partial charge in [0.1, 0.15) is 5.76 Å². The van der Waals surface area contributed by atoms with E-state index in [1.54, 1.807) is 38.1 Å². The van der Waals surface area contributed by atoms with E-state index < -0.39 is 5.63 Å². The zero-order valence-corrected chi connectivity index (χ0v) is 12.5. The van der Waals surface area contributed by atoms with E-state index >= 15 is 0 Å². The van der Waals surface area contributed by atoms with Crippen molar-refractivity contribution in [3.8, 4) is 0 Å². The Bertz CT molecular complexity index is 767. The molecule has 0 aliphatic heterocycles. The van der Waals surface area contributed by atoms with Gasteiger partial charge in [-0.15, -0.1) is 0 Å². The third-order valence-corrected chi connectivity index (χ3v) is 3.00. The van der Waals surface area contributed by atoms with Gasteiger partial charge in [0.25, 0.3) is 5.91 Å². The standard InChI is InChI=1S/C16H16N2O4/c1-9-7-14(20)22-10(2)15(9)16(21)18-13-6-4-5-12(8-13)17-11(3)19/h4-8H,1-3H3,(H,17,19)(H,18,21). The molecule has 2 rings (SSSR count). The van der Waals surface area contributed by atoms with Crippen LogP contribution in [0.15, 0.2) is 39.5 Å². The number of aryl methyl sites for hydroxylation is 2. The van der Waals surface area contributed by atoms with Crippen LogP contribution in [0.4, 0.5) is 11.4 Å². The number of rotatable bonds is 3. The van der Waals surface area contributed by atoms with Crippen molar-refractivity contribution in [1.29, 1.82) is 0 Å². The van der Waals surface area contributed by atoms with E-state index in [4.69, 9.17) is 4.42 Å². The summed E-state index contributed by atoms with van der Waals surface area (Å²) < 4.78 is 4.95. The van der Waals surface area contributed by atoms with E-state index in [0.29, 0.717) is 22.5 Å². The van der Waals surface area contributed by atoms with Crippen LogP contribution in [-0.2, 0) is 4.79 Å². The van der Waals surface area contributed by atoms with Gasteiger partial charge >= 0.3 is 5.63 Å². The maximum Gasteiger partial charge on any atom is 0.336 e. The molecule has 2 amide bonds. The first kappa shape index (κ1) is 15.5. The number of anilines is 2. The van der Waals surface area contributed by atoms with Crippen LogP contribution in [0.5, 0.6) is 0 Å². The number of benzene rings is 1. The minimum atomic E-state index is -0.487. The average molecular weight is 300 g/mol. The van der Waals surface area contributed by atoms with E-state index in [9.17, 15) is 14.4 Å². The number of hydrogen-bond donors (Lipinski definition) is 2. The molecule has 0 aliphatic rings. The van der Waals surface area contributed by atoms with Crippen LogP contribution in [0.3, 0.4) is 0 Å². The second kappa shape index (κ2) is 6.26. The Morgan fingerprint density at radius 2 is 1.68 bits per heavy atom. The maximum atomic E-state index is 12.3. The highest BCUT2D eigenvalue weighted by atomic mass is 16.4. The molecule has 114 valence electrons. The maximum absolute atomic E-state index is 12.3. The molecule has 22 heavy (non-hydrogen) atoms. The summed E-state index contributed by atoms with van der Waals surface area (Å²) in [5, 5.41) is 5.36. The van der Waals surface area contributed by atoms with Crippen molar-refractivity contribution < 1.29 is 14.0 Å². The number of hydrogen-bond acceptors (Lipinski definition) is 4. The van der Waals surface area contributed by atoms with Crippen molar-refractivity contribution in [2.75, 3.05) is 10.6 Å². The van der Waals surface area contributed by atoms with E-state index in [1.807, 2.05) is 0 Å². The van der Waals surface area contributed by atoms with Crippen LogP contribution in [-0.4, -0.2) is 11.8 Å². The lowest BCUT2D eigenvalue weighted by Gasteiger charge is -2.10. The molecule has 2 aromatic rings. The van der Waals surface area contributed by atoms with Crippen molar-refractivity contribution in [3.63, 3.8) is 0 Å². The van der Waals surface area contributed by atoms with Gasteiger partial charge in [-0.1, -0.05) is 6.07 Å². The zero-order chi connectivity index (χ0) is 16.3. The highest BCUT2D eigenvalue weighted by Crippen LogP contribution is 2.18. The molecule has 0 bridgehead atoms. The third-order valence-electron chi connectivity index (χ3n) is 3.00. The van der Waals surface area contributed by atoms with Gasteiger partial charge in [-0.2, -0.15) is 0 Å². The van der Waals surface area contributed by atoms with Gasteiger partial charge < -0.3 is 15.1 Å². The van der Waals surface area contributed by atoms with Gasteiger partial charge in [0.15, 0.2) is 0 Å². The Morgan fingerprint density at radius 1 is 1.05 bits per heavy atom. The molecule has 0 spiro atoms. The third kappa shape index (κ3) is 3.60. The largest absolute Gasteiger partial charge is 0.427 e. The molecule has 2 N–H and O–H groups in total. The number of carbonyl (C=O) groups is 2.